The molecule has 0 aliphatic heterocycles. The average molecular weight is 327 g/mol. The zero-order valence-electron chi connectivity index (χ0n) is 15.0. The molecule has 0 spiro atoms. The summed E-state index contributed by atoms with van der Waals surface area (Å²) in [5.41, 5.74) is 8.68. The van der Waals surface area contributed by atoms with E-state index in [1.54, 1.807) is 7.11 Å². The van der Waals surface area contributed by atoms with Crippen LogP contribution in [0.25, 0.3) is 0 Å². The van der Waals surface area contributed by atoms with Crippen molar-refractivity contribution in [1.29, 1.82) is 0 Å². The number of nitrogens with two attached hydrogens (primary N) is 1. The monoisotopic (exact) mass is 327 g/mol. The van der Waals surface area contributed by atoms with Gasteiger partial charge in [-0.05, 0) is 61.6 Å². The van der Waals surface area contributed by atoms with Gasteiger partial charge in [-0.3, -0.25) is 0 Å². The summed E-state index contributed by atoms with van der Waals surface area (Å²) in [7, 11) is 1.68. The van der Waals surface area contributed by atoms with Gasteiger partial charge in [-0.2, -0.15) is 0 Å². The third-order valence-corrected chi connectivity index (χ3v) is 4.53. The highest BCUT2D eigenvalue weighted by atomic mass is 16.5. The van der Waals surface area contributed by atoms with Crippen molar-refractivity contribution in [3.63, 3.8) is 0 Å². The third kappa shape index (κ3) is 5.89. The Labute approximate surface area is 145 Å². The van der Waals surface area contributed by atoms with Gasteiger partial charge in [0.15, 0.2) is 0 Å². The molecule has 0 bridgehead atoms. The Morgan fingerprint density at radius 2 is 1.42 bits per heavy atom. The molecule has 0 saturated carbocycles. The van der Waals surface area contributed by atoms with Crippen LogP contribution in [0.2, 0.25) is 0 Å². The number of ether oxygens (including phenoxy) is 2. The second kappa shape index (κ2) is 8.74. The summed E-state index contributed by atoms with van der Waals surface area (Å²) in [6.07, 6.45) is 3.89. The maximum absolute atomic E-state index is 6.20. The molecule has 24 heavy (non-hydrogen) atoms. The molecule has 0 aliphatic rings. The molecule has 0 radical (unpaired) electrons. The van der Waals surface area contributed by atoms with E-state index in [2.05, 4.69) is 38.1 Å². The smallest absolute Gasteiger partial charge is 0.119 e. The highest BCUT2D eigenvalue weighted by Gasteiger charge is 2.14. The van der Waals surface area contributed by atoms with E-state index in [0.29, 0.717) is 6.61 Å². The van der Waals surface area contributed by atoms with Gasteiger partial charge in [-0.25, -0.2) is 0 Å². The number of rotatable bonds is 9. The molecular weight excluding hydrogens is 298 g/mol. The second-order valence-corrected chi connectivity index (χ2v) is 6.60. The Morgan fingerprint density at radius 1 is 0.875 bits per heavy atom. The van der Waals surface area contributed by atoms with E-state index in [1.807, 2.05) is 24.3 Å². The van der Waals surface area contributed by atoms with Gasteiger partial charge in [0.2, 0.25) is 0 Å². The van der Waals surface area contributed by atoms with Crippen molar-refractivity contribution in [3.05, 3.63) is 59.7 Å². The molecule has 2 N–H and O–H groups in total. The fourth-order valence-corrected chi connectivity index (χ4v) is 2.44. The van der Waals surface area contributed by atoms with E-state index in [0.717, 1.165) is 37.2 Å². The van der Waals surface area contributed by atoms with Crippen LogP contribution in [0.5, 0.6) is 11.5 Å². The quantitative estimate of drug-likeness (QED) is 0.743. The molecule has 0 saturated heterocycles. The van der Waals surface area contributed by atoms with Gasteiger partial charge >= 0.3 is 0 Å². The lowest BCUT2D eigenvalue weighted by molar-refractivity contribution is 0.321. The fraction of sp³-hybridized carbons (Fsp3) is 0.429. The van der Waals surface area contributed by atoms with E-state index in [1.165, 1.54) is 11.1 Å². The first-order valence-corrected chi connectivity index (χ1v) is 8.66. The van der Waals surface area contributed by atoms with Crippen molar-refractivity contribution in [2.75, 3.05) is 13.7 Å². The van der Waals surface area contributed by atoms with Crippen molar-refractivity contribution in [3.8, 4) is 11.5 Å². The minimum absolute atomic E-state index is 0.0759. The highest BCUT2D eigenvalue weighted by molar-refractivity contribution is 5.29. The summed E-state index contributed by atoms with van der Waals surface area (Å²) in [5.74, 6) is 1.80. The van der Waals surface area contributed by atoms with E-state index >= 15 is 0 Å². The maximum atomic E-state index is 6.20. The van der Waals surface area contributed by atoms with E-state index in [9.17, 15) is 0 Å². The van der Waals surface area contributed by atoms with Crippen molar-refractivity contribution >= 4 is 0 Å². The topological polar surface area (TPSA) is 44.5 Å². The number of aryl methyl sites for hydroxylation is 1. The van der Waals surface area contributed by atoms with Crippen LogP contribution in [0.15, 0.2) is 48.5 Å². The van der Waals surface area contributed by atoms with E-state index < -0.39 is 0 Å². The molecule has 0 fully saturated rings. The maximum Gasteiger partial charge on any atom is 0.119 e. The van der Waals surface area contributed by atoms with Crippen LogP contribution >= 0.6 is 0 Å². The van der Waals surface area contributed by atoms with Gasteiger partial charge in [0.05, 0.1) is 13.7 Å². The SMILES string of the molecule is CCC(C)(N)CCc1ccc(OCCc2ccc(OC)cc2)cc1. The Balaban J connectivity index is 1.77. The number of hydrogen-bond donors (Lipinski definition) is 1. The van der Waals surface area contributed by atoms with Crippen molar-refractivity contribution in [2.24, 2.45) is 5.73 Å². The fourth-order valence-electron chi connectivity index (χ4n) is 2.44. The third-order valence-electron chi connectivity index (χ3n) is 4.53. The van der Waals surface area contributed by atoms with Crippen LogP contribution in [0.1, 0.15) is 37.8 Å². The molecule has 0 amide bonds. The van der Waals surface area contributed by atoms with Crippen molar-refractivity contribution in [1.82, 2.24) is 0 Å². The van der Waals surface area contributed by atoms with Crippen LogP contribution < -0.4 is 15.2 Å². The largest absolute Gasteiger partial charge is 0.497 e. The van der Waals surface area contributed by atoms with E-state index in [4.69, 9.17) is 15.2 Å². The Kier molecular flexibility index (Phi) is 6.68. The molecule has 1 unspecified atom stereocenters. The van der Waals surface area contributed by atoms with Crippen molar-refractivity contribution in [2.45, 2.75) is 45.1 Å². The lowest BCUT2D eigenvalue weighted by Crippen LogP contribution is -2.35. The summed E-state index contributed by atoms with van der Waals surface area (Å²) in [6.45, 7) is 4.92. The zero-order chi connectivity index (χ0) is 17.4. The molecule has 130 valence electrons. The molecule has 0 heterocycles. The predicted molar refractivity (Wildman–Crippen MR) is 99.8 cm³/mol. The van der Waals surface area contributed by atoms with Crippen LogP contribution in [0.4, 0.5) is 0 Å². The van der Waals surface area contributed by atoms with Crippen LogP contribution in [-0.2, 0) is 12.8 Å². The molecule has 2 aromatic carbocycles. The minimum atomic E-state index is -0.0759. The normalized spacial score (nSPS) is 13.3. The second-order valence-electron chi connectivity index (χ2n) is 6.60. The number of hydrogen-bond acceptors (Lipinski definition) is 3. The van der Waals surface area contributed by atoms with Gasteiger partial charge < -0.3 is 15.2 Å². The molecule has 3 heteroatoms. The van der Waals surface area contributed by atoms with E-state index in [-0.39, 0.29) is 5.54 Å². The van der Waals surface area contributed by atoms with Gasteiger partial charge in [0.25, 0.3) is 0 Å². The Bertz CT molecular complexity index is 603. The lowest BCUT2D eigenvalue weighted by Gasteiger charge is -2.22. The first kappa shape index (κ1) is 18.3. The molecule has 2 aromatic rings. The predicted octanol–water partition coefficient (Wildman–Crippen LogP) is 4.38. The summed E-state index contributed by atoms with van der Waals surface area (Å²) in [5, 5.41) is 0. The standard InChI is InChI=1S/C21H29NO2/c1-4-21(2,22)15-13-17-7-11-20(12-8-17)24-16-14-18-5-9-19(23-3)10-6-18/h5-12H,4,13-16,22H2,1-3H3. The summed E-state index contributed by atoms with van der Waals surface area (Å²) < 4.78 is 11.0. The lowest BCUT2D eigenvalue weighted by atomic mass is 9.92. The summed E-state index contributed by atoms with van der Waals surface area (Å²) in [6, 6.07) is 16.5. The van der Waals surface area contributed by atoms with Gasteiger partial charge in [-0.1, -0.05) is 31.2 Å². The molecule has 0 aromatic heterocycles. The average Bonchev–Trinajstić information content (AvgIpc) is 2.62. The molecule has 2 rings (SSSR count). The Morgan fingerprint density at radius 3 is 1.96 bits per heavy atom. The zero-order valence-corrected chi connectivity index (χ0v) is 15.0. The number of methoxy groups -OCH3 is 1. The number of benzene rings is 2. The Hall–Kier alpha value is -2.00. The molecule has 1 atom stereocenters. The van der Waals surface area contributed by atoms with Gasteiger partial charge in [0.1, 0.15) is 11.5 Å². The molecule has 0 aliphatic carbocycles. The highest BCUT2D eigenvalue weighted by Crippen LogP contribution is 2.18. The summed E-state index contributed by atoms with van der Waals surface area (Å²) >= 11 is 0. The first-order valence-electron chi connectivity index (χ1n) is 8.66. The molecule has 3 nitrogen and oxygen atoms in total. The minimum Gasteiger partial charge on any atom is -0.497 e. The molecular formula is C21H29NO2. The van der Waals surface area contributed by atoms with Crippen LogP contribution in [0, 0.1) is 0 Å². The van der Waals surface area contributed by atoms with Crippen LogP contribution in [-0.4, -0.2) is 19.3 Å². The summed E-state index contributed by atoms with van der Waals surface area (Å²) in [4.78, 5) is 0. The van der Waals surface area contributed by atoms with Gasteiger partial charge in [0, 0.05) is 12.0 Å². The van der Waals surface area contributed by atoms with Gasteiger partial charge in [-0.15, -0.1) is 0 Å². The van der Waals surface area contributed by atoms with Crippen molar-refractivity contribution < 1.29 is 9.47 Å². The first-order chi connectivity index (χ1) is 11.5. The van der Waals surface area contributed by atoms with Crippen LogP contribution in [0.3, 0.4) is 0 Å².